The Hall–Kier alpha value is -3.23. The van der Waals surface area contributed by atoms with Crippen molar-refractivity contribution in [2.75, 3.05) is 19.0 Å². The largest absolute Gasteiger partial charge is 0.465 e. The lowest BCUT2D eigenvalue weighted by Gasteiger charge is -2.27. The third-order valence-electron chi connectivity index (χ3n) is 3.86. The van der Waals surface area contributed by atoms with Crippen LogP contribution in [0.3, 0.4) is 0 Å². The highest BCUT2D eigenvalue weighted by Gasteiger charge is 2.34. The lowest BCUT2D eigenvalue weighted by molar-refractivity contribution is -0.139. The van der Waals surface area contributed by atoms with Crippen molar-refractivity contribution >= 4 is 17.9 Å². The number of anilines is 1. The molecule has 1 aromatic carbocycles. The van der Waals surface area contributed by atoms with Crippen LogP contribution in [0.4, 0.5) is 5.95 Å². The van der Waals surface area contributed by atoms with Gasteiger partial charge in [-0.3, -0.25) is 0 Å². The number of esters is 2. The first kappa shape index (κ1) is 16.6. The normalized spacial score (nSPS) is 16.0. The van der Waals surface area contributed by atoms with Gasteiger partial charge in [-0.05, 0) is 42.0 Å². The zero-order chi connectivity index (χ0) is 18.0. The number of tetrazole rings is 1. The number of hydrogen-bond acceptors (Lipinski definition) is 8. The number of nitrogens with one attached hydrogen (secondary N) is 1. The third-order valence-corrected chi connectivity index (χ3v) is 3.86. The molecule has 9 nitrogen and oxygen atoms in total. The van der Waals surface area contributed by atoms with Gasteiger partial charge in [0.25, 0.3) is 0 Å². The number of hydrogen-bond donors (Lipinski definition) is 1. The maximum atomic E-state index is 12.5. The number of carbonyl (C=O) groups excluding carboxylic acids is 2. The smallest absolute Gasteiger partial charge is 0.338 e. The van der Waals surface area contributed by atoms with E-state index in [4.69, 9.17) is 9.47 Å². The molecule has 0 spiro atoms. The first-order valence-electron chi connectivity index (χ1n) is 7.67. The fraction of sp³-hybridized carbons (Fsp3) is 0.312. The van der Waals surface area contributed by atoms with Crippen LogP contribution in [0.5, 0.6) is 0 Å². The molecule has 0 saturated heterocycles. The van der Waals surface area contributed by atoms with Gasteiger partial charge in [0.1, 0.15) is 6.04 Å². The van der Waals surface area contributed by atoms with Crippen molar-refractivity contribution in [3.05, 3.63) is 46.7 Å². The molecular formula is C16H17N5O4. The lowest BCUT2D eigenvalue weighted by Crippen LogP contribution is -2.29. The second-order valence-electron chi connectivity index (χ2n) is 5.35. The predicted octanol–water partition coefficient (Wildman–Crippen LogP) is 1.31. The number of benzene rings is 1. The first-order chi connectivity index (χ1) is 12.1. The molecule has 2 heterocycles. The summed E-state index contributed by atoms with van der Waals surface area (Å²) in [6.45, 7) is 3.76. The number of allylic oxidation sites excluding steroid dienone is 1. The highest BCUT2D eigenvalue weighted by Crippen LogP contribution is 2.34. The Bertz CT molecular complexity index is 840. The molecule has 0 bridgehead atoms. The average molecular weight is 343 g/mol. The van der Waals surface area contributed by atoms with Gasteiger partial charge in [-0.15, -0.1) is 0 Å². The summed E-state index contributed by atoms with van der Waals surface area (Å²) >= 11 is 0. The Balaban J connectivity index is 2.07. The van der Waals surface area contributed by atoms with Gasteiger partial charge >= 0.3 is 11.9 Å². The molecule has 1 atom stereocenters. The molecule has 25 heavy (non-hydrogen) atoms. The van der Waals surface area contributed by atoms with Crippen LogP contribution >= 0.6 is 0 Å². The monoisotopic (exact) mass is 343 g/mol. The average Bonchev–Trinajstić information content (AvgIpc) is 3.08. The molecule has 1 aliphatic heterocycles. The molecule has 1 aliphatic rings. The van der Waals surface area contributed by atoms with Gasteiger partial charge < -0.3 is 14.8 Å². The van der Waals surface area contributed by atoms with Crippen molar-refractivity contribution in [3.63, 3.8) is 0 Å². The molecule has 0 radical (unpaired) electrons. The first-order valence-corrected chi connectivity index (χ1v) is 7.67. The van der Waals surface area contributed by atoms with Crippen molar-refractivity contribution in [1.82, 2.24) is 20.2 Å². The van der Waals surface area contributed by atoms with Gasteiger partial charge in [-0.2, -0.15) is 4.68 Å². The molecule has 1 N–H and O–H groups in total. The summed E-state index contributed by atoms with van der Waals surface area (Å²) in [5, 5.41) is 14.5. The second-order valence-corrected chi connectivity index (χ2v) is 5.35. The molecule has 3 rings (SSSR count). The van der Waals surface area contributed by atoms with E-state index >= 15 is 0 Å². The highest BCUT2D eigenvalue weighted by molar-refractivity contribution is 5.92. The number of rotatable bonds is 4. The minimum atomic E-state index is -0.558. The van der Waals surface area contributed by atoms with Crippen molar-refractivity contribution in [2.24, 2.45) is 0 Å². The molecule has 0 saturated carbocycles. The molecule has 1 unspecified atom stereocenters. The zero-order valence-corrected chi connectivity index (χ0v) is 14.0. The van der Waals surface area contributed by atoms with Crippen LogP contribution in [-0.2, 0) is 14.3 Å². The van der Waals surface area contributed by atoms with Gasteiger partial charge in [0.15, 0.2) is 0 Å². The highest BCUT2D eigenvalue weighted by atomic mass is 16.5. The SMILES string of the molecule is CCOC(=O)C1=C(C)Nc2nnnn2C1c1ccc(C(=O)OC)cc1. The van der Waals surface area contributed by atoms with Crippen molar-refractivity contribution < 1.29 is 19.1 Å². The van der Waals surface area contributed by atoms with E-state index in [9.17, 15) is 9.59 Å². The van der Waals surface area contributed by atoms with Crippen LogP contribution in [0.25, 0.3) is 0 Å². The topological polar surface area (TPSA) is 108 Å². The van der Waals surface area contributed by atoms with Gasteiger partial charge in [-0.25, -0.2) is 9.59 Å². The molecule has 130 valence electrons. The van der Waals surface area contributed by atoms with Gasteiger partial charge in [-0.1, -0.05) is 17.2 Å². The Morgan fingerprint density at radius 1 is 1.24 bits per heavy atom. The number of carbonyl (C=O) groups is 2. The Morgan fingerprint density at radius 3 is 2.60 bits per heavy atom. The molecule has 0 aliphatic carbocycles. The van der Waals surface area contributed by atoms with E-state index in [-0.39, 0.29) is 6.61 Å². The molecular weight excluding hydrogens is 326 g/mol. The number of ether oxygens (including phenoxy) is 2. The van der Waals surface area contributed by atoms with E-state index in [0.29, 0.717) is 22.8 Å². The molecule has 1 aromatic heterocycles. The van der Waals surface area contributed by atoms with E-state index in [2.05, 4.69) is 20.8 Å². The van der Waals surface area contributed by atoms with Crippen molar-refractivity contribution in [2.45, 2.75) is 19.9 Å². The van der Waals surface area contributed by atoms with E-state index in [1.807, 2.05) is 0 Å². The second kappa shape index (κ2) is 6.71. The quantitative estimate of drug-likeness (QED) is 0.828. The van der Waals surface area contributed by atoms with E-state index in [0.717, 1.165) is 5.56 Å². The fourth-order valence-electron chi connectivity index (χ4n) is 2.71. The van der Waals surface area contributed by atoms with E-state index in [1.54, 1.807) is 38.1 Å². The Labute approximate surface area is 143 Å². The van der Waals surface area contributed by atoms with Crippen LogP contribution in [0.15, 0.2) is 35.5 Å². The molecule has 0 fully saturated rings. The van der Waals surface area contributed by atoms with Crippen LogP contribution in [0.1, 0.15) is 35.8 Å². The number of aromatic nitrogens is 4. The lowest BCUT2D eigenvalue weighted by atomic mass is 9.95. The van der Waals surface area contributed by atoms with E-state index < -0.39 is 18.0 Å². The summed E-state index contributed by atoms with van der Waals surface area (Å²) in [6.07, 6.45) is 0. The van der Waals surface area contributed by atoms with Gasteiger partial charge in [0.2, 0.25) is 5.95 Å². The number of methoxy groups -OCH3 is 1. The van der Waals surface area contributed by atoms with Crippen LogP contribution < -0.4 is 5.32 Å². The van der Waals surface area contributed by atoms with E-state index in [1.165, 1.54) is 11.8 Å². The Morgan fingerprint density at radius 2 is 1.96 bits per heavy atom. The van der Waals surface area contributed by atoms with Crippen molar-refractivity contribution in [3.8, 4) is 0 Å². The predicted molar refractivity (Wildman–Crippen MR) is 86.7 cm³/mol. The maximum absolute atomic E-state index is 12.5. The standard InChI is InChI=1S/C16H17N5O4/c1-4-25-15(23)12-9(2)17-16-18-19-20-21(16)13(12)10-5-7-11(8-6-10)14(22)24-3/h5-8,13H,4H2,1-3H3,(H,17,18,20). The van der Waals surface area contributed by atoms with Gasteiger partial charge in [0, 0.05) is 5.70 Å². The number of fused-ring (bicyclic) bond motifs is 1. The minimum absolute atomic E-state index is 0.256. The van der Waals surface area contributed by atoms with Crippen LogP contribution in [-0.4, -0.2) is 45.9 Å². The molecule has 0 amide bonds. The fourth-order valence-corrected chi connectivity index (χ4v) is 2.71. The van der Waals surface area contributed by atoms with Crippen LogP contribution in [0.2, 0.25) is 0 Å². The van der Waals surface area contributed by atoms with Crippen molar-refractivity contribution in [1.29, 1.82) is 0 Å². The minimum Gasteiger partial charge on any atom is -0.465 e. The third kappa shape index (κ3) is 2.95. The molecule has 9 heteroatoms. The summed E-state index contributed by atoms with van der Waals surface area (Å²) in [6, 6.07) is 6.17. The Kier molecular flexibility index (Phi) is 4.46. The zero-order valence-electron chi connectivity index (χ0n) is 14.0. The molecule has 2 aromatic rings. The summed E-state index contributed by atoms with van der Waals surface area (Å²) in [7, 11) is 1.32. The van der Waals surface area contributed by atoms with Crippen LogP contribution in [0, 0.1) is 0 Å². The summed E-state index contributed by atoms with van der Waals surface area (Å²) < 4.78 is 11.4. The summed E-state index contributed by atoms with van der Waals surface area (Å²) in [5.41, 5.74) is 2.18. The number of nitrogens with zero attached hydrogens (tertiary/aromatic N) is 4. The van der Waals surface area contributed by atoms with Gasteiger partial charge in [0.05, 0.1) is 24.9 Å². The summed E-state index contributed by atoms with van der Waals surface area (Å²) in [5.74, 6) is -0.458. The maximum Gasteiger partial charge on any atom is 0.338 e. The summed E-state index contributed by atoms with van der Waals surface area (Å²) in [4.78, 5) is 24.1.